The van der Waals surface area contributed by atoms with E-state index in [9.17, 15) is 10.1 Å². The predicted octanol–water partition coefficient (Wildman–Crippen LogP) is 2.97. The molecule has 6 nitrogen and oxygen atoms in total. The van der Waals surface area contributed by atoms with E-state index in [4.69, 9.17) is 9.47 Å². The van der Waals surface area contributed by atoms with Crippen molar-refractivity contribution in [1.82, 2.24) is 0 Å². The van der Waals surface area contributed by atoms with Gasteiger partial charge in [-0.15, -0.1) is 0 Å². The summed E-state index contributed by atoms with van der Waals surface area (Å²) in [4.78, 5) is 12.9. The Balaban J connectivity index is 1.96. The van der Waals surface area contributed by atoms with E-state index < -0.39 is 0 Å². The van der Waals surface area contributed by atoms with Crippen molar-refractivity contribution in [2.75, 3.05) is 25.7 Å². The molecule has 0 spiro atoms. The third-order valence-electron chi connectivity index (χ3n) is 4.08. The van der Waals surface area contributed by atoms with Crippen molar-refractivity contribution in [3.05, 3.63) is 57.6 Å². The van der Waals surface area contributed by atoms with Gasteiger partial charge in [-0.1, -0.05) is 6.07 Å². The Labute approximate surface area is 134 Å². The number of nitro groups is 1. The number of nitrogens with zero attached hydrogens (tertiary/aromatic N) is 2. The third-order valence-corrected chi connectivity index (χ3v) is 4.08. The molecule has 1 radical (unpaired) electrons. The van der Waals surface area contributed by atoms with Gasteiger partial charge in [-0.2, -0.15) is 0 Å². The van der Waals surface area contributed by atoms with E-state index in [1.165, 1.54) is 11.6 Å². The van der Waals surface area contributed by atoms with Crippen LogP contribution < -0.4 is 14.4 Å². The molecule has 6 heteroatoms. The molecule has 0 fully saturated rings. The minimum Gasteiger partial charge on any atom is -0.493 e. The number of methoxy groups -OCH3 is 2. The lowest BCUT2D eigenvalue weighted by atomic mass is 9.98. The minimum atomic E-state index is -0.365. The van der Waals surface area contributed by atoms with Gasteiger partial charge < -0.3 is 14.4 Å². The van der Waals surface area contributed by atoms with Crippen molar-refractivity contribution >= 4 is 11.4 Å². The Morgan fingerprint density at radius 2 is 1.91 bits per heavy atom. The van der Waals surface area contributed by atoms with Gasteiger partial charge in [0.2, 0.25) is 0 Å². The highest BCUT2D eigenvalue weighted by Crippen LogP contribution is 2.36. The van der Waals surface area contributed by atoms with Crippen LogP contribution in [0.5, 0.6) is 11.5 Å². The summed E-state index contributed by atoms with van der Waals surface area (Å²) in [6.45, 7) is 1.31. The Morgan fingerprint density at radius 3 is 2.57 bits per heavy atom. The van der Waals surface area contributed by atoms with Crippen LogP contribution in [0.1, 0.15) is 11.1 Å². The Hall–Kier alpha value is -2.76. The fraction of sp³-hybridized carbons (Fsp3) is 0.294. The molecule has 0 saturated carbocycles. The fourth-order valence-electron chi connectivity index (χ4n) is 2.92. The first-order valence-electron chi connectivity index (χ1n) is 7.27. The lowest BCUT2D eigenvalue weighted by Gasteiger charge is -2.31. The first-order valence-corrected chi connectivity index (χ1v) is 7.27. The van der Waals surface area contributed by atoms with E-state index in [-0.39, 0.29) is 10.6 Å². The van der Waals surface area contributed by atoms with Gasteiger partial charge in [0.1, 0.15) is 5.69 Å². The van der Waals surface area contributed by atoms with Gasteiger partial charge in [0, 0.05) is 19.2 Å². The van der Waals surface area contributed by atoms with Gasteiger partial charge in [0.05, 0.1) is 19.1 Å². The fourth-order valence-corrected chi connectivity index (χ4v) is 2.92. The van der Waals surface area contributed by atoms with E-state index >= 15 is 0 Å². The summed E-state index contributed by atoms with van der Waals surface area (Å²) < 4.78 is 10.7. The summed E-state index contributed by atoms with van der Waals surface area (Å²) in [5.41, 5.74) is 2.98. The average Bonchev–Trinajstić information content (AvgIpc) is 2.59. The number of fused-ring (bicyclic) bond motifs is 1. The van der Waals surface area contributed by atoms with Crippen molar-refractivity contribution in [3.63, 3.8) is 0 Å². The largest absolute Gasteiger partial charge is 0.493 e. The molecular formula is C17H17N2O4. The summed E-state index contributed by atoms with van der Waals surface area (Å²) in [5, 5.41) is 11.2. The normalized spacial score (nSPS) is 13.4. The van der Waals surface area contributed by atoms with Crippen LogP contribution in [0, 0.1) is 16.2 Å². The maximum Gasteiger partial charge on any atom is 0.293 e. The summed E-state index contributed by atoms with van der Waals surface area (Å²) in [6, 6.07) is 11.6. The highest BCUT2D eigenvalue weighted by Gasteiger charge is 2.24. The van der Waals surface area contributed by atoms with Crippen LogP contribution in [0.3, 0.4) is 0 Å². The summed E-state index contributed by atoms with van der Waals surface area (Å²) in [7, 11) is 3.21. The lowest BCUT2D eigenvalue weighted by Crippen LogP contribution is -2.30. The summed E-state index contributed by atoms with van der Waals surface area (Å²) in [5.74, 6) is 1.38. The van der Waals surface area contributed by atoms with E-state index in [1.807, 2.05) is 17.0 Å². The molecule has 1 aliphatic rings. The molecule has 0 amide bonds. The molecular weight excluding hydrogens is 296 g/mol. The summed E-state index contributed by atoms with van der Waals surface area (Å²) >= 11 is 0. The molecule has 119 valence electrons. The molecule has 0 bridgehead atoms. The zero-order chi connectivity index (χ0) is 16.4. The Morgan fingerprint density at radius 1 is 1.22 bits per heavy atom. The Kier molecular flexibility index (Phi) is 4.06. The number of nitro benzene ring substituents is 1. The minimum absolute atomic E-state index is 0.0800. The molecule has 2 aromatic carbocycles. The molecule has 0 N–H and O–H groups in total. The number of anilines is 1. The number of hydrogen-bond donors (Lipinski definition) is 0. The number of rotatable bonds is 4. The molecule has 0 aromatic heterocycles. The first kappa shape index (κ1) is 15.1. The second kappa shape index (κ2) is 6.16. The molecule has 0 saturated heterocycles. The lowest BCUT2D eigenvalue weighted by molar-refractivity contribution is -0.384. The highest BCUT2D eigenvalue weighted by atomic mass is 16.6. The molecule has 1 heterocycles. The van der Waals surface area contributed by atoms with E-state index in [1.54, 1.807) is 26.4 Å². The quantitative estimate of drug-likeness (QED) is 0.641. The predicted molar refractivity (Wildman–Crippen MR) is 86.2 cm³/mol. The standard InChI is InChI=1S/C17H17N2O4/c1-22-16-9-12-7-8-18(11-13(12)10-17(16)23-2)14-5-3-4-6-15(14)19(20)21/h3,5-6,9-10H,7-8,11H2,1-2H3. The Bertz CT molecular complexity index is 745. The van der Waals surface area contributed by atoms with Gasteiger partial charge in [-0.25, -0.2) is 0 Å². The van der Waals surface area contributed by atoms with Crippen molar-refractivity contribution in [1.29, 1.82) is 0 Å². The molecule has 3 rings (SSSR count). The van der Waals surface area contributed by atoms with Crippen LogP contribution in [-0.4, -0.2) is 25.7 Å². The molecule has 1 aliphatic heterocycles. The van der Waals surface area contributed by atoms with Crippen LogP contribution in [0.2, 0.25) is 0 Å². The van der Waals surface area contributed by atoms with Crippen LogP contribution >= 0.6 is 0 Å². The van der Waals surface area contributed by atoms with Gasteiger partial charge >= 0.3 is 0 Å². The summed E-state index contributed by atoms with van der Waals surface area (Å²) in [6.07, 6.45) is 0.797. The van der Waals surface area contributed by atoms with Crippen LogP contribution in [0.15, 0.2) is 30.3 Å². The van der Waals surface area contributed by atoms with E-state index in [2.05, 4.69) is 6.07 Å². The topological polar surface area (TPSA) is 64.8 Å². The molecule has 2 aromatic rings. The van der Waals surface area contributed by atoms with Crippen molar-refractivity contribution in [2.45, 2.75) is 13.0 Å². The second-order valence-electron chi connectivity index (χ2n) is 5.32. The van der Waals surface area contributed by atoms with Crippen LogP contribution in [-0.2, 0) is 13.0 Å². The van der Waals surface area contributed by atoms with Gasteiger partial charge in [-0.3, -0.25) is 10.1 Å². The second-order valence-corrected chi connectivity index (χ2v) is 5.32. The van der Waals surface area contributed by atoms with Crippen molar-refractivity contribution in [3.8, 4) is 11.5 Å². The maximum absolute atomic E-state index is 11.2. The van der Waals surface area contributed by atoms with E-state index in [0.717, 1.165) is 12.0 Å². The maximum atomic E-state index is 11.2. The SMILES string of the molecule is COc1cc2c(cc1OC)CN(c1cc[c]cc1[N+](=O)[O-])CC2. The van der Waals surface area contributed by atoms with Gasteiger partial charge in [-0.05, 0) is 41.8 Å². The first-order chi connectivity index (χ1) is 11.1. The third kappa shape index (κ3) is 2.79. The molecule has 0 unspecified atom stereocenters. The highest BCUT2D eigenvalue weighted by molar-refractivity contribution is 5.64. The zero-order valence-electron chi connectivity index (χ0n) is 13.0. The molecule has 23 heavy (non-hydrogen) atoms. The van der Waals surface area contributed by atoms with Crippen LogP contribution in [0.4, 0.5) is 11.4 Å². The van der Waals surface area contributed by atoms with Crippen molar-refractivity contribution in [2.24, 2.45) is 0 Å². The number of benzene rings is 2. The number of ether oxygens (including phenoxy) is 2. The van der Waals surface area contributed by atoms with Gasteiger partial charge in [0.15, 0.2) is 11.5 Å². The zero-order valence-corrected chi connectivity index (χ0v) is 13.0. The molecule has 0 atom stereocenters. The van der Waals surface area contributed by atoms with Crippen molar-refractivity contribution < 1.29 is 14.4 Å². The average molecular weight is 313 g/mol. The monoisotopic (exact) mass is 313 g/mol. The van der Waals surface area contributed by atoms with E-state index in [0.29, 0.717) is 30.3 Å². The van der Waals surface area contributed by atoms with Gasteiger partial charge in [0.25, 0.3) is 5.69 Å². The molecule has 0 aliphatic carbocycles. The number of hydrogen-bond acceptors (Lipinski definition) is 5. The smallest absolute Gasteiger partial charge is 0.293 e. The van der Waals surface area contributed by atoms with Crippen LogP contribution in [0.25, 0.3) is 0 Å².